The fraction of sp³-hybridized carbons (Fsp3) is 0.500. The van der Waals surface area contributed by atoms with Crippen LogP contribution in [0.5, 0.6) is 0 Å². The summed E-state index contributed by atoms with van der Waals surface area (Å²) in [5.41, 5.74) is -0.0591. The molecule has 0 bridgehead atoms. The molecule has 8 nitrogen and oxygen atoms in total. The van der Waals surface area contributed by atoms with Crippen molar-refractivity contribution in [2.75, 3.05) is 6.67 Å². The summed E-state index contributed by atoms with van der Waals surface area (Å²) in [5, 5.41) is 0. The Morgan fingerprint density at radius 1 is 1.26 bits per heavy atom. The zero-order chi connectivity index (χ0) is 26.1. The number of carbonyl (C=O) groups excluding carboxylic acids is 1. The van der Waals surface area contributed by atoms with Gasteiger partial charge in [0.05, 0.1) is 17.8 Å². The van der Waals surface area contributed by atoms with Crippen molar-refractivity contribution in [1.82, 2.24) is 14.6 Å². The van der Waals surface area contributed by atoms with Crippen molar-refractivity contribution < 1.29 is 31.5 Å². The van der Waals surface area contributed by atoms with Crippen molar-refractivity contribution in [3.63, 3.8) is 0 Å². The third-order valence-electron chi connectivity index (χ3n) is 5.58. The van der Waals surface area contributed by atoms with Gasteiger partial charge in [-0.1, -0.05) is 24.3 Å². The molecule has 1 amide bonds. The SMILES string of the molecule is CC(N[SH](=O)=O)c1ncc(-c2ccc([C@H]3OC(C)(C)N(C(=O)OC(C)(C)C)[C@@H]3CF)cc2)cc1F. The second-order valence-electron chi connectivity index (χ2n) is 9.88. The summed E-state index contributed by atoms with van der Waals surface area (Å²) in [4.78, 5) is 18.2. The molecule has 3 atom stereocenters. The second kappa shape index (κ2) is 10.2. The maximum Gasteiger partial charge on any atom is 0.413 e. The standard InChI is InChI=1S/C24H31F2N3O5S/c1-14(28-35(31)32)20-18(26)11-17(13-27-20)15-7-9-16(10-8-15)21-19(12-25)29(24(5,6)33-21)22(30)34-23(2,3)4/h7-11,13-14,19,21,35H,12H2,1-6H3,(H,28,31,32)/t14?,19-,21-/m1/s1. The lowest BCUT2D eigenvalue weighted by Gasteiger charge is -2.34. The van der Waals surface area contributed by atoms with Crippen molar-refractivity contribution in [3.05, 3.63) is 53.6 Å². The quantitative estimate of drug-likeness (QED) is 0.557. The van der Waals surface area contributed by atoms with Gasteiger partial charge in [0.15, 0.2) is 0 Å². The molecule has 2 heterocycles. The number of alkyl halides is 1. The van der Waals surface area contributed by atoms with E-state index in [0.29, 0.717) is 16.7 Å². The van der Waals surface area contributed by atoms with Crippen molar-refractivity contribution in [2.45, 2.75) is 71.1 Å². The zero-order valence-electron chi connectivity index (χ0n) is 20.5. The molecule has 11 heteroatoms. The molecule has 1 aromatic heterocycles. The van der Waals surface area contributed by atoms with E-state index in [4.69, 9.17) is 9.47 Å². The molecule has 1 fully saturated rings. The van der Waals surface area contributed by atoms with Crippen LogP contribution in [0.15, 0.2) is 36.5 Å². The van der Waals surface area contributed by atoms with Crippen molar-refractivity contribution >= 4 is 17.0 Å². The maximum atomic E-state index is 14.6. The highest BCUT2D eigenvalue weighted by Crippen LogP contribution is 2.42. The van der Waals surface area contributed by atoms with E-state index < -0.39 is 59.0 Å². The Hall–Kier alpha value is -2.63. The first-order chi connectivity index (χ1) is 16.2. The number of aromatic nitrogens is 1. The number of carbonyl (C=O) groups is 1. The van der Waals surface area contributed by atoms with Gasteiger partial charge < -0.3 is 9.47 Å². The number of benzene rings is 1. The van der Waals surface area contributed by atoms with E-state index in [1.54, 1.807) is 58.9 Å². The maximum absolute atomic E-state index is 14.6. The molecule has 0 saturated carbocycles. The molecule has 35 heavy (non-hydrogen) atoms. The first-order valence-corrected chi connectivity index (χ1v) is 12.3. The number of hydrogen-bond donors (Lipinski definition) is 2. The monoisotopic (exact) mass is 511 g/mol. The molecule has 1 unspecified atom stereocenters. The topological polar surface area (TPSA) is 97.8 Å². The normalized spacial score (nSPS) is 20.8. The summed E-state index contributed by atoms with van der Waals surface area (Å²) >= 11 is 0. The van der Waals surface area contributed by atoms with E-state index >= 15 is 0 Å². The number of nitrogens with one attached hydrogen (secondary N) is 1. The van der Waals surface area contributed by atoms with Crippen LogP contribution >= 0.6 is 0 Å². The van der Waals surface area contributed by atoms with Crippen LogP contribution in [0, 0.1) is 5.82 Å². The van der Waals surface area contributed by atoms with Crippen LogP contribution in [0.3, 0.4) is 0 Å². The highest BCUT2D eigenvalue weighted by Gasteiger charge is 2.51. The molecular formula is C24H31F2N3O5S. The highest BCUT2D eigenvalue weighted by molar-refractivity contribution is 7.70. The Balaban J connectivity index is 1.84. The van der Waals surface area contributed by atoms with Crippen LogP contribution in [0.1, 0.15) is 64.9 Å². The van der Waals surface area contributed by atoms with Crippen LogP contribution in [0.4, 0.5) is 13.6 Å². The number of halogens is 2. The lowest BCUT2D eigenvalue weighted by Crippen LogP contribution is -2.50. The summed E-state index contributed by atoms with van der Waals surface area (Å²) in [5.74, 6) is -0.644. The molecule has 3 rings (SSSR count). The largest absolute Gasteiger partial charge is 0.444 e. The molecule has 1 N–H and O–H groups in total. The summed E-state index contributed by atoms with van der Waals surface area (Å²) in [6.07, 6.45) is 0.0683. The van der Waals surface area contributed by atoms with Gasteiger partial charge in [-0.15, -0.1) is 0 Å². The Labute approximate surface area is 205 Å². The molecule has 1 aromatic carbocycles. The Morgan fingerprint density at radius 3 is 2.40 bits per heavy atom. The first-order valence-electron chi connectivity index (χ1n) is 11.2. The third kappa shape index (κ3) is 6.14. The van der Waals surface area contributed by atoms with Gasteiger partial charge in [-0.25, -0.2) is 26.7 Å². The number of ether oxygens (including phenoxy) is 2. The van der Waals surface area contributed by atoms with E-state index in [1.165, 1.54) is 24.1 Å². The lowest BCUT2D eigenvalue weighted by atomic mass is 9.99. The van der Waals surface area contributed by atoms with Crippen molar-refractivity contribution in [3.8, 4) is 11.1 Å². The number of pyridine rings is 1. The molecule has 2 aromatic rings. The van der Waals surface area contributed by atoms with Crippen LogP contribution < -0.4 is 4.72 Å². The predicted octanol–water partition coefficient (Wildman–Crippen LogP) is 4.45. The van der Waals surface area contributed by atoms with Crippen LogP contribution in [0.25, 0.3) is 11.1 Å². The van der Waals surface area contributed by atoms with Gasteiger partial charge in [0, 0.05) is 11.8 Å². The fourth-order valence-electron chi connectivity index (χ4n) is 4.10. The Morgan fingerprint density at radius 2 is 1.89 bits per heavy atom. The van der Waals surface area contributed by atoms with Crippen LogP contribution in [-0.4, -0.2) is 48.4 Å². The summed E-state index contributed by atoms with van der Waals surface area (Å²) in [6.45, 7) is 9.25. The minimum Gasteiger partial charge on any atom is -0.444 e. The van der Waals surface area contributed by atoms with E-state index in [9.17, 15) is 22.0 Å². The van der Waals surface area contributed by atoms with Gasteiger partial charge in [0.25, 0.3) is 0 Å². The van der Waals surface area contributed by atoms with Gasteiger partial charge in [-0.05, 0) is 58.7 Å². The van der Waals surface area contributed by atoms with Gasteiger partial charge >= 0.3 is 6.09 Å². The fourth-order valence-corrected chi connectivity index (χ4v) is 4.54. The van der Waals surface area contributed by atoms with Gasteiger partial charge in [-0.2, -0.15) is 0 Å². The van der Waals surface area contributed by atoms with Gasteiger partial charge in [-0.3, -0.25) is 9.88 Å². The number of amides is 1. The average Bonchev–Trinajstić information content (AvgIpc) is 3.02. The highest BCUT2D eigenvalue weighted by atomic mass is 32.2. The first kappa shape index (κ1) is 27.0. The van der Waals surface area contributed by atoms with E-state index in [-0.39, 0.29) is 5.69 Å². The van der Waals surface area contributed by atoms with Crippen molar-refractivity contribution in [1.29, 1.82) is 0 Å². The van der Waals surface area contributed by atoms with E-state index in [0.717, 1.165) is 0 Å². The number of nitrogens with zero attached hydrogens (tertiary/aromatic N) is 2. The minimum absolute atomic E-state index is 0.0146. The van der Waals surface area contributed by atoms with Crippen LogP contribution in [-0.2, 0) is 20.4 Å². The lowest BCUT2D eigenvalue weighted by molar-refractivity contribution is -0.0797. The number of rotatable bonds is 6. The molecular weight excluding hydrogens is 480 g/mol. The van der Waals surface area contributed by atoms with Gasteiger partial charge in [0.1, 0.15) is 29.9 Å². The van der Waals surface area contributed by atoms with E-state index in [2.05, 4.69) is 9.71 Å². The molecule has 1 saturated heterocycles. The molecule has 1 aliphatic heterocycles. The molecule has 1 aliphatic rings. The summed E-state index contributed by atoms with van der Waals surface area (Å²) in [7, 11) is -2.89. The average molecular weight is 512 g/mol. The molecule has 0 aliphatic carbocycles. The van der Waals surface area contributed by atoms with Gasteiger partial charge in [0.2, 0.25) is 10.9 Å². The number of hydrogen-bond acceptors (Lipinski definition) is 6. The molecule has 0 spiro atoms. The number of thiol groups is 1. The predicted molar refractivity (Wildman–Crippen MR) is 127 cm³/mol. The smallest absolute Gasteiger partial charge is 0.413 e. The molecule has 0 radical (unpaired) electrons. The Bertz CT molecular complexity index is 1140. The van der Waals surface area contributed by atoms with E-state index in [1.807, 2.05) is 0 Å². The molecule has 192 valence electrons. The minimum atomic E-state index is -2.89. The second-order valence-corrected chi connectivity index (χ2v) is 10.7. The Kier molecular flexibility index (Phi) is 7.83. The van der Waals surface area contributed by atoms with Crippen molar-refractivity contribution in [2.24, 2.45) is 0 Å². The zero-order valence-corrected chi connectivity index (χ0v) is 21.4. The third-order valence-corrected chi connectivity index (χ3v) is 6.17. The summed E-state index contributed by atoms with van der Waals surface area (Å²) < 4.78 is 64.2. The van der Waals surface area contributed by atoms with Crippen LogP contribution in [0.2, 0.25) is 0 Å². The summed E-state index contributed by atoms with van der Waals surface area (Å²) in [6, 6.07) is 6.50.